The van der Waals surface area contributed by atoms with E-state index in [9.17, 15) is 4.79 Å². The van der Waals surface area contributed by atoms with Crippen molar-refractivity contribution in [2.45, 2.75) is 59.2 Å². The number of nitrogens with zero attached hydrogens (tertiary/aromatic N) is 2. The first-order chi connectivity index (χ1) is 7.34. The molecular formula is C13H26N2O. The van der Waals surface area contributed by atoms with Crippen LogP contribution in [0.25, 0.3) is 0 Å². The Morgan fingerprint density at radius 3 is 2.25 bits per heavy atom. The monoisotopic (exact) mass is 226 g/mol. The van der Waals surface area contributed by atoms with Crippen molar-refractivity contribution in [3.63, 3.8) is 0 Å². The fourth-order valence-electron chi connectivity index (χ4n) is 2.50. The van der Waals surface area contributed by atoms with E-state index < -0.39 is 0 Å². The van der Waals surface area contributed by atoms with Crippen molar-refractivity contribution < 1.29 is 4.79 Å². The third kappa shape index (κ3) is 2.76. The molecule has 0 aromatic carbocycles. The lowest BCUT2D eigenvalue weighted by atomic mass is 10.0. The third-order valence-electron chi connectivity index (χ3n) is 3.76. The molecular weight excluding hydrogens is 200 g/mol. The fourth-order valence-corrected chi connectivity index (χ4v) is 2.50. The Morgan fingerprint density at radius 2 is 1.88 bits per heavy atom. The van der Waals surface area contributed by atoms with E-state index in [2.05, 4.69) is 39.5 Å². The summed E-state index contributed by atoms with van der Waals surface area (Å²) < 4.78 is 0. The van der Waals surface area contributed by atoms with E-state index in [-0.39, 0.29) is 5.92 Å². The molecule has 1 rings (SSSR count). The van der Waals surface area contributed by atoms with Gasteiger partial charge in [-0.15, -0.1) is 0 Å². The van der Waals surface area contributed by atoms with Crippen LogP contribution < -0.4 is 0 Å². The first-order valence-electron chi connectivity index (χ1n) is 6.37. The molecule has 0 aliphatic carbocycles. The summed E-state index contributed by atoms with van der Waals surface area (Å²) in [6, 6.07) is 1.38. The molecule has 3 heteroatoms. The maximum Gasteiger partial charge on any atom is 0.227 e. The van der Waals surface area contributed by atoms with Crippen molar-refractivity contribution in [1.29, 1.82) is 0 Å². The summed E-state index contributed by atoms with van der Waals surface area (Å²) in [5.41, 5.74) is 0. The molecule has 1 aliphatic heterocycles. The highest BCUT2D eigenvalue weighted by Crippen LogP contribution is 2.26. The van der Waals surface area contributed by atoms with Crippen molar-refractivity contribution in [3.8, 4) is 0 Å². The Bertz CT molecular complexity index is 250. The van der Waals surface area contributed by atoms with Crippen molar-refractivity contribution in [3.05, 3.63) is 0 Å². The second-order valence-corrected chi connectivity index (χ2v) is 5.62. The zero-order valence-corrected chi connectivity index (χ0v) is 11.5. The second kappa shape index (κ2) is 5.17. The smallest absolute Gasteiger partial charge is 0.227 e. The lowest BCUT2D eigenvalue weighted by molar-refractivity contribution is -0.135. The molecule has 1 aliphatic rings. The number of rotatable bonds is 3. The number of likely N-dealkylation sites (tertiary alicyclic amines) is 1. The van der Waals surface area contributed by atoms with Crippen molar-refractivity contribution in [2.24, 2.45) is 5.92 Å². The van der Waals surface area contributed by atoms with E-state index in [1.807, 2.05) is 11.9 Å². The summed E-state index contributed by atoms with van der Waals surface area (Å²) in [6.45, 7) is 11.7. The molecule has 94 valence electrons. The first kappa shape index (κ1) is 13.5. The van der Waals surface area contributed by atoms with Gasteiger partial charge in [-0.1, -0.05) is 0 Å². The Kier molecular flexibility index (Phi) is 4.36. The highest BCUT2D eigenvalue weighted by atomic mass is 16.2. The van der Waals surface area contributed by atoms with Gasteiger partial charge in [-0.2, -0.15) is 0 Å². The molecule has 0 aromatic rings. The lowest BCUT2D eigenvalue weighted by Crippen LogP contribution is -2.39. The van der Waals surface area contributed by atoms with Gasteiger partial charge in [0, 0.05) is 31.7 Å². The average Bonchev–Trinajstić information content (AvgIpc) is 2.58. The van der Waals surface area contributed by atoms with Crippen molar-refractivity contribution >= 4 is 5.91 Å². The fraction of sp³-hybridized carbons (Fsp3) is 0.923. The SMILES string of the molecule is CC(C)N(C)C(=O)C1CC(C)N(C(C)C)C1. The number of hydrogen-bond donors (Lipinski definition) is 0. The largest absolute Gasteiger partial charge is 0.343 e. The summed E-state index contributed by atoms with van der Waals surface area (Å²) in [5.74, 6) is 0.509. The normalized spacial score (nSPS) is 26.8. The molecule has 2 atom stereocenters. The Balaban J connectivity index is 2.61. The van der Waals surface area contributed by atoms with Gasteiger partial charge in [0.05, 0.1) is 5.92 Å². The van der Waals surface area contributed by atoms with Gasteiger partial charge >= 0.3 is 0 Å². The van der Waals surface area contributed by atoms with Crippen LogP contribution in [0, 0.1) is 5.92 Å². The zero-order valence-electron chi connectivity index (χ0n) is 11.5. The number of amides is 1. The van der Waals surface area contributed by atoms with Crippen molar-refractivity contribution in [1.82, 2.24) is 9.80 Å². The molecule has 0 N–H and O–H groups in total. The minimum absolute atomic E-state index is 0.199. The zero-order chi connectivity index (χ0) is 12.5. The van der Waals surface area contributed by atoms with E-state index in [0.29, 0.717) is 24.0 Å². The lowest BCUT2D eigenvalue weighted by Gasteiger charge is -2.26. The van der Waals surface area contributed by atoms with E-state index in [4.69, 9.17) is 0 Å². The van der Waals surface area contributed by atoms with E-state index >= 15 is 0 Å². The highest BCUT2D eigenvalue weighted by molar-refractivity contribution is 5.79. The number of carbonyl (C=O) groups is 1. The van der Waals surface area contributed by atoms with Crippen LogP contribution in [0.2, 0.25) is 0 Å². The van der Waals surface area contributed by atoms with Gasteiger partial charge in [0.2, 0.25) is 5.91 Å². The topological polar surface area (TPSA) is 23.6 Å². The maximum atomic E-state index is 12.2. The van der Waals surface area contributed by atoms with E-state index in [1.54, 1.807) is 0 Å². The summed E-state index contributed by atoms with van der Waals surface area (Å²) in [4.78, 5) is 16.5. The van der Waals surface area contributed by atoms with Crippen LogP contribution in [0.1, 0.15) is 41.0 Å². The molecule has 16 heavy (non-hydrogen) atoms. The molecule has 1 saturated heterocycles. The molecule has 0 saturated carbocycles. The summed E-state index contributed by atoms with van der Waals surface area (Å²) in [5, 5.41) is 0. The van der Waals surface area contributed by atoms with Crippen LogP contribution in [0.15, 0.2) is 0 Å². The maximum absolute atomic E-state index is 12.2. The summed E-state index contributed by atoms with van der Waals surface area (Å²) >= 11 is 0. The third-order valence-corrected chi connectivity index (χ3v) is 3.76. The molecule has 0 radical (unpaired) electrons. The number of carbonyl (C=O) groups excluding carboxylic acids is 1. The molecule has 0 aromatic heterocycles. The molecule has 1 heterocycles. The summed E-state index contributed by atoms with van der Waals surface area (Å²) in [6.07, 6.45) is 1.01. The van der Waals surface area contributed by atoms with Gasteiger partial charge in [0.25, 0.3) is 0 Å². The Hall–Kier alpha value is -0.570. The van der Waals surface area contributed by atoms with Crippen LogP contribution in [0.4, 0.5) is 0 Å². The molecule has 1 fully saturated rings. The molecule has 2 unspecified atom stereocenters. The van der Waals surface area contributed by atoms with E-state index in [0.717, 1.165) is 13.0 Å². The second-order valence-electron chi connectivity index (χ2n) is 5.62. The van der Waals surface area contributed by atoms with Gasteiger partial charge < -0.3 is 4.90 Å². The molecule has 0 spiro atoms. The van der Waals surface area contributed by atoms with Gasteiger partial charge in [-0.3, -0.25) is 9.69 Å². The van der Waals surface area contributed by atoms with Gasteiger partial charge in [0.1, 0.15) is 0 Å². The standard InChI is InChI=1S/C13H26N2O/c1-9(2)14(6)13(16)12-7-11(5)15(8-12)10(3)4/h9-12H,7-8H2,1-6H3. The van der Waals surface area contributed by atoms with Crippen LogP contribution in [-0.4, -0.2) is 47.4 Å². The summed E-state index contributed by atoms with van der Waals surface area (Å²) in [7, 11) is 1.91. The minimum atomic E-state index is 0.199. The van der Waals surface area contributed by atoms with Gasteiger partial charge in [0.15, 0.2) is 0 Å². The van der Waals surface area contributed by atoms with Gasteiger partial charge in [-0.05, 0) is 41.0 Å². The van der Waals surface area contributed by atoms with Crippen LogP contribution >= 0.6 is 0 Å². The highest BCUT2D eigenvalue weighted by Gasteiger charge is 2.36. The molecule has 0 bridgehead atoms. The average molecular weight is 226 g/mol. The van der Waals surface area contributed by atoms with E-state index in [1.165, 1.54) is 0 Å². The van der Waals surface area contributed by atoms with Crippen LogP contribution in [0.5, 0.6) is 0 Å². The molecule has 1 amide bonds. The van der Waals surface area contributed by atoms with Gasteiger partial charge in [-0.25, -0.2) is 0 Å². The van der Waals surface area contributed by atoms with Crippen LogP contribution in [0.3, 0.4) is 0 Å². The Labute approximate surface area is 99.8 Å². The predicted octanol–water partition coefficient (Wildman–Crippen LogP) is 1.97. The number of hydrogen-bond acceptors (Lipinski definition) is 2. The molecule has 3 nitrogen and oxygen atoms in total. The Morgan fingerprint density at radius 1 is 1.31 bits per heavy atom. The van der Waals surface area contributed by atoms with Crippen molar-refractivity contribution in [2.75, 3.05) is 13.6 Å². The first-order valence-corrected chi connectivity index (χ1v) is 6.37. The minimum Gasteiger partial charge on any atom is -0.343 e. The quantitative estimate of drug-likeness (QED) is 0.734. The van der Waals surface area contributed by atoms with Crippen LogP contribution in [-0.2, 0) is 4.79 Å². The predicted molar refractivity (Wildman–Crippen MR) is 67.3 cm³/mol.